The molecular formula is C15H19F3N2O. The first-order chi connectivity index (χ1) is 9.95. The van der Waals surface area contributed by atoms with Gasteiger partial charge in [-0.1, -0.05) is 18.6 Å². The van der Waals surface area contributed by atoms with E-state index in [0.717, 1.165) is 37.9 Å². The first-order valence-corrected chi connectivity index (χ1v) is 7.11. The van der Waals surface area contributed by atoms with Crippen LogP contribution in [0.25, 0.3) is 0 Å². The summed E-state index contributed by atoms with van der Waals surface area (Å²) in [7, 11) is 0. The lowest BCUT2D eigenvalue weighted by Gasteiger charge is -2.22. The smallest absolute Gasteiger partial charge is 0.352 e. The van der Waals surface area contributed by atoms with Crippen LogP contribution in [0.15, 0.2) is 24.3 Å². The van der Waals surface area contributed by atoms with Gasteiger partial charge in [-0.3, -0.25) is 4.79 Å². The summed E-state index contributed by atoms with van der Waals surface area (Å²) in [6.07, 6.45) is -0.643. The molecule has 2 N–H and O–H groups in total. The van der Waals surface area contributed by atoms with E-state index >= 15 is 0 Å². The molecule has 0 bridgehead atoms. The minimum Gasteiger partial charge on any atom is -0.352 e. The molecule has 1 aromatic carbocycles. The molecule has 2 rings (SSSR count). The van der Waals surface area contributed by atoms with E-state index in [1.807, 2.05) is 0 Å². The van der Waals surface area contributed by atoms with E-state index in [2.05, 4.69) is 10.6 Å². The predicted octanol–water partition coefficient (Wildman–Crippen LogP) is 2.85. The van der Waals surface area contributed by atoms with Crippen molar-refractivity contribution in [2.24, 2.45) is 0 Å². The lowest BCUT2D eigenvalue weighted by Crippen LogP contribution is -2.38. The van der Waals surface area contributed by atoms with E-state index < -0.39 is 11.7 Å². The maximum absolute atomic E-state index is 12.4. The van der Waals surface area contributed by atoms with Crippen LogP contribution in [0.2, 0.25) is 0 Å². The molecule has 1 atom stereocenters. The number of hydrogen-bond donors (Lipinski definition) is 2. The van der Waals surface area contributed by atoms with Gasteiger partial charge in [-0.05, 0) is 37.1 Å². The quantitative estimate of drug-likeness (QED) is 0.898. The second kappa shape index (κ2) is 6.93. The van der Waals surface area contributed by atoms with Gasteiger partial charge in [0.25, 0.3) is 0 Å². The number of alkyl halides is 3. The standard InChI is InChI=1S/C15H19F3N2O/c16-15(17,18)12-6-4-11(5-7-12)10-20-14(21)9-13-3-1-2-8-19-13/h4-7,13,19H,1-3,8-10H2,(H,20,21). The van der Waals surface area contributed by atoms with Crippen LogP contribution in [0, 0.1) is 0 Å². The first kappa shape index (κ1) is 15.8. The molecule has 3 nitrogen and oxygen atoms in total. The Bertz CT molecular complexity index is 465. The fourth-order valence-corrected chi connectivity index (χ4v) is 2.41. The third kappa shape index (κ3) is 5.04. The van der Waals surface area contributed by atoms with E-state index in [-0.39, 0.29) is 18.5 Å². The molecule has 1 unspecified atom stereocenters. The van der Waals surface area contributed by atoms with Crippen molar-refractivity contribution >= 4 is 5.91 Å². The molecule has 0 aliphatic carbocycles. The van der Waals surface area contributed by atoms with Crippen LogP contribution in [0.4, 0.5) is 13.2 Å². The Labute approximate surface area is 121 Å². The molecule has 21 heavy (non-hydrogen) atoms. The maximum atomic E-state index is 12.4. The number of carbonyl (C=O) groups excluding carboxylic acids is 1. The van der Waals surface area contributed by atoms with Crippen molar-refractivity contribution in [2.75, 3.05) is 6.54 Å². The van der Waals surface area contributed by atoms with Gasteiger partial charge in [0, 0.05) is 19.0 Å². The minimum absolute atomic E-state index is 0.0747. The average Bonchev–Trinajstić information content (AvgIpc) is 2.46. The van der Waals surface area contributed by atoms with E-state index in [0.29, 0.717) is 12.0 Å². The monoisotopic (exact) mass is 300 g/mol. The van der Waals surface area contributed by atoms with Crippen LogP contribution in [0.5, 0.6) is 0 Å². The molecule has 1 aliphatic heterocycles. The van der Waals surface area contributed by atoms with Gasteiger partial charge in [0.15, 0.2) is 0 Å². The largest absolute Gasteiger partial charge is 0.416 e. The topological polar surface area (TPSA) is 41.1 Å². The lowest BCUT2D eigenvalue weighted by molar-refractivity contribution is -0.137. The summed E-state index contributed by atoms with van der Waals surface area (Å²) in [5, 5.41) is 6.03. The van der Waals surface area contributed by atoms with Crippen molar-refractivity contribution in [1.29, 1.82) is 0 Å². The lowest BCUT2D eigenvalue weighted by atomic mass is 10.0. The van der Waals surface area contributed by atoms with E-state index in [4.69, 9.17) is 0 Å². The van der Waals surface area contributed by atoms with Crippen LogP contribution in [-0.2, 0) is 17.5 Å². The molecule has 1 heterocycles. The highest BCUT2D eigenvalue weighted by molar-refractivity contribution is 5.76. The highest BCUT2D eigenvalue weighted by Crippen LogP contribution is 2.29. The highest BCUT2D eigenvalue weighted by atomic mass is 19.4. The molecule has 0 saturated carbocycles. The fraction of sp³-hybridized carbons (Fsp3) is 0.533. The van der Waals surface area contributed by atoms with Gasteiger partial charge < -0.3 is 10.6 Å². The van der Waals surface area contributed by atoms with Crippen LogP contribution in [-0.4, -0.2) is 18.5 Å². The molecule has 1 aliphatic rings. The summed E-state index contributed by atoms with van der Waals surface area (Å²) in [6.45, 7) is 1.19. The Morgan fingerprint density at radius 2 is 1.95 bits per heavy atom. The van der Waals surface area contributed by atoms with Crippen LogP contribution in [0.3, 0.4) is 0 Å². The van der Waals surface area contributed by atoms with Crippen molar-refractivity contribution in [1.82, 2.24) is 10.6 Å². The Hall–Kier alpha value is -1.56. The van der Waals surface area contributed by atoms with Gasteiger partial charge in [-0.15, -0.1) is 0 Å². The Morgan fingerprint density at radius 1 is 1.24 bits per heavy atom. The Morgan fingerprint density at radius 3 is 2.52 bits per heavy atom. The number of nitrogens with one attached hydrogen (secondary N) is 2. The zero-order valence-corrected chi connectivity index (χ0v) is 11.7. The summed E-state index contributed by atoms with van der Waals surface area (Å²) in [6, 6.07) is 5.06. The van der Waals surface area contributed by atoms with Crippen molar-refractivity contribution in [2.45, 2.75) is 44.4 Å². The number of halogens is 3. The molecule has 1 amide bonds. The van der Waals surface area contributed by atoms with Gasteiger partial charge in [0.1, 0.15) is 0 Å². The molecular weight excluding hydrogens is 281 g/mol. The summed E-state index contributed by atoms with van der Waals surface area (Å²) in [5.74, 6) is -0.0747. The van der Waals surface area contributed by atoms with Crippen molar-refractivity contribution in [3.8, 4) is 0 Å². The van der Waals surface area contributed by atoms with Gasteiger partial charge in [0.2, 0.25) is 5.91 Å². The molecule has 0 spiro atoms. The average molecular weight is 300 g/mol. The molecule has 1 aromatic rings. The number of carbonyl (C=O) groups is 1. The molecule has 1 saturated heterocycles. The summed E-state index contributed by atoms with van der Waals surface area (Å²) >= 11 is 0. The molecule has 1 fully saturated rings. The molecule has 0 aromatic heterocycles. The Balaban J connectivity index is 1.78. The van der Waals surface area contributed by atoms with Gasteiger partial charge in [-0.25, -0.2) is 0 Å². The van der Waals surface area contributed by atoms with E-state index in [9.17, 15) is 18.0 Å². The SMILES string of the molecule is O=C(CC1CCCCN1)NCc1ccc(C(F)(F)F)cc1. The fourth-order valence-electron chi connectivity index (χ4n) is 2.41. The van der Waals surface area contributed by atoms with Crippen molar-refractivity contribution in [3.63, 3.8) is 0 Å². The minimum atomic E-state index is -4.32. The number of piperidine rings is 1. The zero-order valence-electron chi connectivity index (χ0n) is 11.7. The summed E-state index contributed by atoms with van der Waals surface area (Å²) in [4.78, 5) is 11.8. The van der Waals surface area contributed by atoms with E-state index in [1.54, 1.807) is 0 Å². The molecule has 116 valence electrons. The third-order valence-corrected chi connectivity index (χ3v) is 3.62. The van der Waals surface area contributed by atoms with Crippen LogP contribution in [0.1, 0.15) is 36.8 Å². The van der Waals surface area contributed by atoms with Gasteiger partial charge in [0.05, 0.1) is 5.56 Å². The van der Waals surface area contributed by atoms with Gasteiger partial charge >= 0.3 is 6.18 Å². The zero-order chi connectivity index (χ0) is 15.3. The van der Waals surface area contributed by atoms with Crippen LogP contribution >= 0.6 is 0 Å². The number of benzene rings is 1. The van der Waals surface area contributed by atoms with Crippen molar-refractivity contribution in [3.05, 3.63) is 35.4 Å². The Kier molecular flexibility index (Phi) is 5.22. The summed E-state index contributed by atoms with van der Waals surface area (Å²) in [5.41, 5.74) is -0.0167. The molecule has 6 heteroatoms. The second-order valence-corrected chi connectivity index (χ2v) is 5.32. The van der Waals surface area contributed by atoms with Gasteiger partial charge in [-0.2, -0.15) is 13.2 Å². The second-order valence-electron chi connectivity index (χ2n) is 5.32. The number of hydrogen-bond acceptors (Lipinski definition) is 2. The van der Waals surface area contributed by atoms with Crippen LogP contribution < -0.4 is 10.6 Å². The first-order valence-electron chi connectivity index (χ1n) is 7.11. The number of amides is 1. The third-order valence-electron chi connectivity index (χ3n) is 3.62. The number of rotatable bonds is 4. The maximum Gasteiger partial charge on any atom is 0.416 e. The van der Waals surface area contributed by atoms with E-state index in [1.165, 1.54) is 12.1 Å². The highest BCUT2D eigenvalue weighted by Gasteiger charge is 2.29. The summed E-state index contributed by atoms with van der Waals surface area (Å²) < 4.78 is 37.3. The molecule has 0 radical (unpaired) electrons. The van der Waals surface area contributed by atoms with Crippen molar-refractivity contribution < 1.29 is 18.0 Å². The normalized spacial score (nSPS) is 19.3. The predicted molar refractivity (Wildman–Crippen MR) is 73.5 cm³/mol.